The van der Waals surface area contributed by atoms with Crippen LogP contribution in [0.3, 0.4) is 0 Å². The lowest BCUT2D eigenvalue weighted by molar-refractivity contribution is 0.112. The van der Waals surface area contributed by atoms with Gasteiger partial charge < -0.3 is 4.42 Å². The zero-order valence-corrected chi connectivity index (χ0v) is 10.6. The second-order valence-electron chi connectivity index (χ2n) is 2.90. The number of fused-ring (bicyclic) bond motifs is 1. The van der Waals surface area contributed by atoms with Crippen LogP contribution in [-0.4, -0.2) is 6.29 Å². The summed E-state index contributed by atoms with van der Waals surface area (Å²) in [5, 5.41) is 0.953. The highest BCUT2D eigenvalue weighted by molar-refractivity contribution is 9.10. The molecule has 0 spiro atoms. The highest BCUT2D eigenvalue weighted by Gasteiger charge is 2.05. The molecule has 2 aromatic rings. The highest BCUT2D eigenvalue weighted by Crippen LogP contribution is 2.27. The van der Waals surface area contributed by atoms with Crippen LogP contribution < -0.4 is 0 Å². The van der Waals surface area contributed by atoms with Gasteiger partial charge in [-0.25, -0.2) is 0 Å². The Hall–Kier alpha value is -1.09. The van der Waals surface area contributed by atoms with Gasteiger partial charge in [0.25, 0.3) is 0 Å². The number of hydrogen-bond acceptors (Lipinski definition) is 2. The molecule has 2 nitrogen and oxygen atoms in total. The molecule has 0 fully saturated rings. The molecule has 0 N–H and O–H groups in total. The smallest absolute Gasteiger partial charge is 0.150 e. The maximum Gasteiger partial charge on any atom is 0.150 e. The number of carbonyl (C=O) groups is 1. The van der Waals surface area contributed by atoms with Crippen molar-refractivity contribution < 1.29 is 9.21 Å². The van der Waals surface area contributed by atoms with Gasteiger partial charge in [-0.15, -0.1) is 0 Å². The maximum absolute atomic E-state index is 10.6. The van der Waals surface area contributed by atoms with Crippen LogP contribution in [0.4, 0.5) is 0 Å². The number of carbonyl (C=O) groups excluding carboxylic acids is 1. The van der Waals surface area contributed by atoms with Gasteiger partial charge >= 0.3 is 0 Å². The van der Waals surface area contributed by atoms with Crippen LogP contribution in [0, 0.1) is 6.92 Å². The van der Waals surface area contributed by atoms with E-state index in [0.717, 1.165) is 27.5 Å². The zero-order valence-electron chi connectivity index (χ0n) is 9.00. The molecular formula is C12H13BrO2. The molecule has 3 heteroatoms. The minimum atomic E-state index is 0.653. The predicted molar refractivity (Wildman–Crippen MR) is 65.4 cm³/mol. The first kappa shape index (κ1) is 12.0. The Morgan fingerprint density at radius 3 is 2.53 bits per heavy atom. The summed E-state index contributed by atoms with van der Waals surface area (Å²) in [7, 11) is 0. The molecule has 1 heterocycles. The Balaban J connectivity index is 0.000000531. The van der Waals surface area contributed by atoms with E-state index in [0.29, 0.717) is 5.56 Å². The fourth-order valence-corrected chi connectivity index (χ4v) is 1.90. The standard InChI is InChI=1S/C10H7BrO2.C2H6/c1-6-2-8-3-7(5-12)4-9(11)10(8)13-6;1-2/h2-5H,1H3;1-2H3. The van der Waals surface area contributed by atoms with E-state index in [1.807, 2.05) is 32.9 Å². The molecule has 2 rings (SSSR count). The predicted octanol–water partition coefficient (Wildman–Crippen LogP) is 4.34. The summed E-state index contributed by atoms with van der Waals surface area (Å²) in [6, 6.07) is 5.47. The van der Waals surface area contributed by atoms with Gasteiger partial charge in [0.05, 0.1) is 4.47 Å². The number of benzene rings is 1. The summed E-state index contributed by atoms with van der Waals surface area (Å²) in [5.74, 6) is 0.846. The Kier molecular flexibility index (Phi) is 4.09. The van der Waals surface area contributed by atoms with Crippen LogP contribution in [0.1, 0.15) is 30.0 Å². The Labute approximate surface area is 97.4 Å². The molecule has 0 bridgehead atoms. The van der Waals surface area contributed by atoms with E-state index in [1.54, 1.807) is 6.07 Å². The third-order valence-corrected chi connectivity index (χ3v) is 2.44. The lowest BCUT2D eigenvalue weighted by Crippen LogP contribution is -1.78. The van der Waals surface area contributed by atoms with E-state index in [9.17, 15) is 4.79 Å². The topological polar surface area (TPSA) is 30.2 Å². The van der Waals surface area contributed by atoms with Gasteiger partial charge in [-0.2, -0.15) is 0 Å². The van der Waals surface area contributed by atoms with Crippen molar-refractivity contribution in [3.8, 4) is 0 Å². The second kappa shape index (κ2) is 5.12. The summed E-state index contributed by atoms with van der Waals surface area (Å²) >= 11 is 3.35. The lowest BCUT2D eigenvalue weighted by Gasteiger charge is -1.94. The number of halogens is 1. The van der Waals surface area contributed by atoms with E-state index in [4.69, 9.17) is 4.42 Å². The van der Waals surface area contributed by atoms with Gasteiger partial charge in [0, 0.05) is 10.9 Å². The van der Waals surface area contributed by atoms with Gasteiger partial charge in [0.15, 0.2) is 0 Å². The average molecular weight is 269 g/mol. The van der Waals surface area contributed by atoms with Crippen LogP contribution in [0.25, 0.3) is 11.0 Å². The van der Waals surface area contributed by atoms with Crippen molar-refractivity contribution in [2.45, 2.75) is 20.8 Å². The van der Waals surface area contributed by atoms with Gasteiger partial charge in [-0.3, -0.25) is 4.79 Å². The summed E-state index contributed by atoms with van der Waals surface area (Å²) in [6.07, 6.45) is 0.826. The molecule has 0 aliphatic carbocycles. The fraction of sp³-hybridized carbons (Fsp3) is 0.250. The van der Waals surface area contributed by atoms with Gasteiger partial charge in [-0.1, -0.05) is 13.8 Å². The Morgan fingerprint density at radius 1 is 1.27 bits per heavy atom. The van der Waals surface area contributed by atoms with Crippen LogP contribution >= 0.6 is 15.9 Å². The Morgan fingerprint density at radius 2 is 1.93 bits per heavy atom. The molecule has 0 aliphatic heterocycles. The third-order valence-electron chi connectivity index (χ3n) is 1.85. The SMILES string of the molecule is CC.Cc1cc2cc(C=O)cc(Br)c2o1. The van der Waals surface area contributed by atoms with Crippen molar-refractivity contribution in [2.75, 3.05) is 0 Å². The number of rotatable bonds is 1. The molecule has 80 valence electrons. The molecule has 1 aromatic heterocycles. The van der Waals surface area contributed by atoms with Crippen molar-refractivity contribution in [3.05, 3.63) is 34.0 Å². The monoisotopic (exact) mass is 268 g/mol. The molecule has 0 saturated heterocycles. The quantitative estimate of drug-likeness (QED) is 0.721. The molecule has 15 heavy (non-hydrogen) atoms. The van der Waals surface area contributed by atoms with Crippen molar-refractivity contribution in [3.63, 3.8) is 0 Å². The van der Waals surface area contributed by atoms with Gasteiger partial charge in [0.2, 0.25) is 0 Å². The third kappa shape index (κ3) is 2.48. The summed E-state index contributed by atoms with van der Waals surface area (Å²) in [5.41, 5.74) is 1.45. The van der Waals surface area contributed by atoms with Crippen LogP contribution in [0.5, 0.6) is 0 Å². The largest absolute Gasteiger partial charge is 0.460 e. The molecule has 0 atom stereocenters. The first-order valence-electron chi connectivity index (χ1n) is 4.85. The van der Waals surface area contributed by atoms with Crippen LogP contribution in [0.2, 0.25) is 0 Å². The average Bonchev–Trinajstić information content (AvgIpc) is 2.62. The number of aldehydes is 1. The van der Waals surface area contributed by atoms with Crippen molar-refractivity contribution in [1.29, 1.82) is 0 Å². The van der Waals surface area contributed by atoms with E-state index in [-0.39, 0.29) is 0 Å². The maximum atomic E-state index is 10.6. The first-order valence-corrected chi connectivity index (χ1v) is 5.65. The summed E-state index contributed by atoms with van der Waals surface area (Å²) < 4.78 is 6.25. The minimum Gasteiger partial charge on any atom is -0.460 e. The summed E-state index contributed by atoms with van der Waals surface area (Å²) in [4.78, 5) is 10.6. The van der Waals surface area contributed by atoms with Crippen molar-refractivity contribution in [2.24, 2.45) is 0 Å². The summed E-state index contributed by atoms with van der Waals surface area (Å²) in [6.45, 7) is 5.88. The number of hydrogen-bond donors (Lipinski definition) is 0. The number of furan rings is 1. The second-order valence-corrected chi connectivity index (χ2v) is 3.75. The minimum absolute atomic E-state index is 0.653. The van der Waals surface area contributed by atoms with Crippen LogP contribution in [0.15, 0.2) is 27.1 Å². The number of aryl methyl sites for hydroxylation is 1. The van der Waals surface area contributed by atoms with Crippen molar-refractivity contribution in [1.82, 2.24) is 0 Å². The fourth-order valence-electron chi connectivity index (χ4n) is 1.33. The normalized spacial score (nSPS) is 9.60. The van der Waals surface area contributed by atoms with E-state index >= 15 is 0 Å². The van der Waals surface area contributed by atoms with Crippen LogP contribution in [-0.2, 0) is 0 Å². The molecule has 0 amide bonds. The van der Waals surface area contributed by atoms with E-state index in [2.05, 4.69) is 15.9 Å². The van der Waals surface area contributed by atoms with Gasteiger partial charge in [-0.05, 0) is 41.1 Å². The highest BCUT2D eigenvalue weighted by atomic mass is 79.9. The molecule has 1 aromatic carbocycles. The van der Waals surface area contributed by atoms with Gasteiger partial charge in [0.1, 0.15) is 17.6 Å². The first-order chi connectivity index (χ1) is 7.20. The molecule has 0 unspecified atom stereocenters. The molecular weight excluding hydrogens is 256 g/mol. The molecule has 0 aliphatic rings. The molecule has 0 radical (unpaired) electrons. The Bertz CT molecular complexity index is 472. The molecule has 0 saturated carbocycles. The van der Waals surface area contributed by atoms with E-state index in [1.165, 1.54) is 0 Å². The van der Waals surface area contributed by atoms with Crippen molar-refractivity contribution >= 4 is 33.2 Å². The van der Waals surface area contributed by atoms with E-state index < -0.39 is 0 Å². The lowest BCUT2D eigenvalue weighted by atomic mass is 10.2. The zero-order chi connectivity index (χ0) is 11.4.